The van der Waals surface area contributed by atoms with E-state index in [0.717, 1.165) is 6.20 Å². The van der Waals surface area contributed by atoms with Crippen LogP contribution < -0.4 is 21.6 Å². The monoisotopic (exact) mass is 592 g/mol. The second kappa shape index (κ2) is 13.5. The van der Waals surface area contributed by atoms with Crippen molar-refractivity contribution in [1.29, 1.82) is 0 Å². The summed E-state index contributed by atoms with van der Waals surface area (Å²) in [7, 11) is -4.49. The lowest BCUT2D eigenvalue weighted by molar-refractivity contribution is -0.149. The van der Waals surface area contributed by atoms with E-state index in [2.05, 4.69) is 25.2 Å². The van der Waals surface area contributed by atoms with Gasteiger partial charge < -0.3 is 29.6 Å². The molecule has 19 heteroatoms. The molecule has 7 atom stereocenters. The van der Waals surface area contributed by atoms with E-state index < -0.39 is 80.4 Å². The number of nitrogen functional groups attached to an aromatic ring is 1. The number of hydrogen-bond donors (Lipinski definition) is 4. The zero-order chi connectivity index (χ0) is 30.4. The maximum Gasteiger partial charge on any atom is 0.351 e. The van der Waals surface area contributed by atoms with Gasteiger partial charge in [-0.25, -0.2) is 19.4 Å². The van der Waals surface area contributed by atoms with E-state index in [0.29, 0.717) is 4.57 Å². The molecule has 1 unspecified atom stereocenters. The summed E-state index contributed by atoms with van der Waals surface area (Å²) in [5.41, 5.74) is 11.0. The van der Waals surface area contributed by atoms with E-state index in [1.54, 1.807) is 27.7 Å². The van der Waals surface area contributed by atoms with Crippen molar-refractivity contribution in [2.45, 2.75) is 90.1 Å². The Kier molecular flexibility index (Phi) is 11.2. The number of anilines is 1. The van der Waals surface area contributed by atoms with Crippen LogP contribution in [0.1, 0.15) is 47.8 Å². The summed E-state index contributed by atoms with van der Waals surface area (Å²) in [6.07, 6.45) is -6.38. The Labute approximate surface area is 228 Å². The molecular formula is C21H34FN8O9P. The van der Waals surface area contributed by atoms with Crippen molar-refractivity contribution in [3.05, 3.63) is 33.2 Å². The van der Waals surface area contributed by atoms with Crippen LogP contribution in [0.4, 0.5) is 10.2 Å². The van der Waals surface area contributed by atoms with Crippen LogP contribution in [0.3, 0.4) is 0 Å². The highest BCUT2D eigenvalue weighted by atomic mass is 31.2. The van der Waals surface area contributed by atoms with Gasteiger partial charge in [0.25, 0.3) is 0 Å². The quantitative estimate of drug-likeness (QED) is 0.0823. The van der Waals surface area contributed by atoms with Gasteiger partial charge in [-0.3, -0.25) is 18.7 Å². The van der Waals surface area contributed by atoms with Crippen molar-refractivity contribution in [2.24, 2.45) is 5.11 Å². The van der Waals surface area contributed by atoms with Crippen LogP contribution >= 0.6 is 7.67 Å². The van der Waals surface area contributed by atoms with E-state index in [1.807, 2.05) is 0 Å². The number of aliphatic hydroxyl groups excluding tert-OH is 1. The normalized spacial score (nSPS) is 25.6. The Morgan fingerprint density at radius 2 is 1.77 bits per heavy atom. The van der Waals surface area contributed by atoms with Crippen molar-refractivity contribution < 1.29 is 42.4 Å². The second-order valence-electron chi connectivity index (χ2n) is 9.47. The fraction of sp³-hybridized carbons (Fsp3) is 0.714. The molecule has 1 aliphatic heterocycles. The Morgan fingerprint density at radius 3 is 2.23 bits per heavy atom. The molecule has 17 nitrogen and oxygen atoms in total. The van der Waals surface area contributed by atoms with E-state index in [4.69, 9.17) is 30.0 Å². The van der Waals surface area contributed by atoms with Crippen LogP contribution in [0.2, 0.25) is 0 Å². The van der Waals surface area contributed by atoms with Crippen molar-refractivity contribution in [3.8, 4) is 0 Å². The molecule has 0 bridgehead atoms. The molecule has 224 valence electrons. The van der Waals surface area contributed by atoms with Gasteiger partial charge in [0.1, 0.15) is 24.0 Å². The maximum atomic E-state index is 15.2. The third-order valence-electron chi connectivity index (χ3n) is 5.29. The second-order valence-corrected chi connectivity index (χ2v) is 11.3. The topological polar surface area (TPSA) is 242 Å². The van der Waals surface area contributed by atoms with Gasteiger partial charge in [0.15, 0.2) is 12.4 Å². The van der Waals surface area contributed by atoms with Crippen LogP contribution in [-0.2, 0) is 32.9 Å². The fourth-order valence-corrected chi connectivity index (χ4v) is 5.29. The van der Waals surface area contributed by atoms with Gasteiger partial charge in [-0.15, -0.1) is 0 Å². The molecule has 1 aliphatic rings. The molecule has 5 N–H and O–H groups in total. The number of nitrogens with zero attached hydrogens (tertiary/aromatic N) is 5. The van der Waals surface area contributed by atoms with Crippen LogP contribution in [0.25, 0.3) is 10.4 Å². The molecule has 0 spiro atoms. The van der Waals surface area contributed by atoms with Crippen molar-refractivity contribution in [1.82, 2.24) is 19.7 Å². The zero-order valence-corrected chi connectivity index (χ0v) is 23.6. The Morgan fingerprint density at radius 1 is 1.25 bits per heavy atom. The molecule has 0 radical (unpaired) electrons. The van der Waals surface area contributed by atoms with Crippen molar-refractivity contribution in [2.75, 3.05) is 12.3 Å². The summed E-state index contributed by atoms with van der Waals surface area (Å²) in [5, 5.41) is 18.8. The number of carbonyl (C=O) groups is 2. The summed E-state index contributed by atoms with van der Waals surface area (Å²) in [6.45, 7) is 7.92. The third kappa shape index (κ3) is 8.20. The Balaban J connectivity index is 2.39. The van der Waals surface area contributed by atoms with Crippen LogP contribution in [0.15, 0.2) is 22.2 Å². The number of aromatic nitrogens is 2. The number of ether oxygens (including phenoxy) is 3. The van der Waals surface area contributed by atoms with Crippen LogP contribution in [0, 0.1) is 0 Å². The number of nitrogens with two attached hydrogens (primary N) is 1. The predicted molar refractivity (Wildman–Crippen MR) is 137 cm³/mol. The SMILES string of the molecule is CC(C)OC(=O)[C@H](C)NP(=O)(N[C@H](C)C(=O)OC(C)C)OC[C@]1(N=[N+]=[N-])O[C@H](n2ccc(N)nc2=O)[C@@H](F)[C@H]1O. The molecule has 0 aliphatic carbocycles. The number of halogens is 1. The number of alkyl halides is 1. The van der Waals surface area contributed by atoms with E-state index in [1.165, 1.54) is 19.9 Å². The van der Waals surface area contributed by atoms with Gasteiger partial charge in [0.05, 0.1) is 18.8 Å². The molecule has 1 aromatic heterocycles. The summed E-state index contributed by atoms with van der Waals surface area (Å²) < 4.78 is 50.8. The number of hydrogen-bond acceptors (Lipinski definition) is 12. The van der Waals surface area contributed by atoms with Crippen molar-refractivity contribution in [3.63, 3.8) is 0 Å². The lowest BCUT2D eigenvalue weighted by Gasteiger charge is -2.31. The third-order valence-corrected chi connectivity index (χ3v) is 7.24. The number of nitrogens with one attached hydrogen (secondary N) is 2. The van der Waals surface area contributed by atoms with Crippen LogP contribution in [0.5, 0.6) is 0 Å². The molecular weight excluding hydrogens is 558 g/mol. The van der Waals surface area contributed by atoms with Gasteiger partial charge in [-0.1, -0.05) is 5.11 Å². The summed E-state index contributed by atoms with van der Waals surface area (Å²) >= 11 is 0. The first-order chi connectivity index (χ1) is 18.5. The minimum absolute atomic E-state index is 0.159. The van der Waals surface area contributed by atoms with Gasteiger partial charge in [0.2, 0.25) is 5.72 Å². The molecule has 1 saturated heterocycles. The number of carbonyl (C=O) groups excluding carboxylic acids is 2. The molecule has 1 fully saturated rings. The molecule has 2 heterocycles. The van der Waals surface area contributed by atoms with E-state index in [9.17, 15) is 24.1 Å². The van der Waals surface area contributed by atoms with E-state index in [-0.39, 0.29) is 5.82 Å². The lowest BCUT2D eigenvalue weighted by Crippen LogP contribution is -2.47. The van der Waals surface area contributed by atoms with Gasteiger partial charge in [0, 0.05) is 11.1 Å². The molecule has 2 rings (SSSR count). The first kappa shape index (κ1) is 33.1. The summed E-state index contributed by atoms with van der Waals surface area (Å²) in [5.74, 6) is -1.80. The molecule has 0 aromatic carbocycles. The highest BCUT2D eigenvalue weighted by molar-refractivity contribution is 7.54. The smallest absolute Gasteiger partial charge is 0.351 e. The average Bonchev–Trinajstić information content (AvgIpc) is 3.07. The summed E-state index contributed by atoms with van der Waals surface area (Å²) in [6, 6.07) is -1.36. The summed E-state index contributed by atoms with van der Waals surface area (Å²) in [4.78, 5) is 43.0. The fourth-order valence-electron chi connectivity index (χ4n) is 3.46. The maximum absolute atomic E-state index is 15.2. The number of esters is 2. The predicted octanol–water partition coefficient (Wildman–Crippen LogP) is 1.04. The minimum Gasteiger partial charge on any atom is -0.462 e. The Hall–Kier alpha value is -3.11. The molecule has 0 saturated carbocycles. The van der Waals surface area contributed by atoms with Gasteiger partial charge in [-0.05, 0) is 53.1 Å². The average molecular weight is 593 g/mol. The molecule has 40 heavy (non-hydrogen) atoms. The largest absolute Gasteiger partial charge is 0.462 e. The zero-order valence-electron chi connectivity index (χ0n) is 22.8. The standard InChI is InChI=1S/C21H34FN8O9P/c1-10(2)37-18(32)12(5)26-40(35,27-13(6)19(33)38-11(3)4)36-9-21(28-29-24)16(31)15(22)17(39-21)30-8-7-14(23)25-20(30)34/h7-8,10-13,15-17,31H,9H2,1-6H3,(H2,23,25,34)(H2,26,27,35)/t12-,13+,15-,16+,17-,21-,40?/m0/s1. The van der Waals surface area contributed by atoms with Crippen LogP contribution in [-0.4, -0.2) is 75.5 Å². The van der Waals surface area contributed by atoms with E-state index >= 15 is 4.39 Å². The molecule has 1 aromatic rings. The van der Waals surface area contributed by atoms with Crippen molar-refractivity contribution >= 4 is 25.4 Å². The number of rotatable bonds is 13. The molecule has 0 amide bonds. The van der Waals surface area contributed by atoms with Gasteiger partial charge in [-0.2, -0.15) is 4.98 Å². The first-order valence-corrected chi connectivity index (χ1v) is 13.8. The highest BCUT2D eigenvalue weighted by Crippen LogP contribution is 2.45. The van der Waals surface area contributed by atoms with Gasteiger partial charge >= 0.3 is 25.3 Å². The lowest BCUT2D eigenvalue weighted by atomic mass is 10.1. The first-order valence-electron chi connectivity index (χ1n) is 12.2. The number of aliphatic hydroxyl groups is 1. The number of azide groups is 1. The minimum atomic E-state index is -4.49. The Bertz CT molecular complexity index is 1190. The highest BCUT2D eigenvalue weighted by Gasteiger charge is 2.57.